The number of nitrogens with zero attached hydrogens (tertiary/aromatic N) is 3. The second-order valence-electron chi connectivity index (χ2n) is 2.64. The number of nitrogens with one attached hydrogen (secondary N) is 1. The standard InChI is InChI=1S/C7H8N4O/c1-5-2-8-10-7-6(4-12)3-9-11(5)7/h2-5,10H,1H3. The van der Waals surface area contributed by atoms with Gasteiger partial charge in [-0.15, -0.1) is 0 Å². The lowest BCUT2D eigenvalue weighted by molar-refractivity contribution is 0.112. The molecular weight excluding hydrogens is 156 g/mol. The van der Waals surface area contributed by atoms with Gasteiger partial charge in [-0.3, -0.25) is 10.2 Å². The molecule has 62 valence electrons. The first-order valence-electron chi connectivity index (χ1n) is 3.65. The summed E-state index contributed by atoms with van der Waals surface area (Å²) < 4.78 is 1.72. The first kappa shape index (κ1) is 7.02. The quantitative estimate of drug-likeness (QED) is 0.620. The fraction of sp³-hybridized carbons (Fsp3) is 0.286. The molecule has 0 radical (unpaired) electrons. The van der Waals surface area contributed by atoms with Gasteiger partial charge >= 0.3 is 0 Å². The minimum Gasteiger partial charge on any atom is -0.298 e. The highest BCUT2D eigenvalue weighted by molar-refractivity contribution is 5.84. The second-order valence-corrected chi connectivity index (χ2v) is 2.64. The molecule has 5 nitrogen and oxygen atoms in total. The van der Waals surface area contributed by atoms with E-state index in [1.165, 1.54) is 6.20 Å². The highest BCUT2D eigenvalue weighted by atomic mass is 16.1. The summed E-state index contributed by atoms with van der Waals surface area (Å²) in [4.78, 5) is 10.5. The van der Waals surface area contributed by atoms with Crippen LogP contribution in [-0.2, 0) is 0 Å². The molecule has 1 aliphatic heterocycles. The molecule has 2 heterocycles. The van der Waals surface area contributed by atoms with Crippen LogP contribution in [0.4, 0.5) is 5.82 Å². The van der Waals surface area contributed by atoms with E-state index < -0.39 is 0 Å². The third kappa shape index (κ3) is 0.827. The van der Waals surface area contributed by atoms with Gasteiger partial charge in [-0.25, -0.2) is 4.68 Å². The molecule has 0 aliphatic carbocycles. The van der Waals surface area contributed by atoms with Gasteiger partial charge in [0.15, 0.2) is 12.1 Å². The lowest BCUT2D eigenvalue weighted by Gasteiger charge is -2.15. The van der Waals surface area contributed by atoms with Crippen molar-refractivity contribution in [3.63, 3.8) is 0 Å². The third-order valence-corrected chi connectivity index (χ3v) is 1.80. The van der Waals surface area contributed by atoms with Crippen molar-refractivity contribution < 1.29 is 4.79 Å². The monoisotopic (exact) mass is 164 g/mol. The summed E-state index contributed by atoms with van der Waals surface area (Å²) in [5.41, 5.74) is 3.27. The molecular formula is C7H8N4O. The van der Waals surface area contributed by atoms with Gasteiger partial charge < -0.3 is 0 Å². The van der Waals surface area contributed by atoms with Crippen LogP contribution in [0.25, 0.3) is 0 Å². The van der Waals surface area contributed by atoms with Crippen LogP contribution in [0.5, 0.6) is 0 Å². The van der Waals surface area contributed by atoms with Gasteiger partial charge in [0.25, 0.3) is 0 Å². The topological polar surface area (TPSA) is 59.3 Å². The van der Waals surface area contributed by atoms with E-state index in [0.717, 1.165) is 6.29 Å². The SMILES string of the molecule is CC1C=NNc2c(C=O)cnn21. The summed E-state index contributed by atoms with van der Waals surface area (Å²) in [7, 11) is 0. The van der Waals surface area contributed by atoms with Gasteiger partial charge in [-0.2, -0.15) is 10.2 Å². The van der Waals surface area contributed by atoms with E-state index in [4.69, 9.17) is 0 Å². The number of rotatable bonds is 1. The highest BCUT2D eigenvalue weighted by Crippen LogP contribution is 2.20. The summed E-state index contributed by atoms with van der Waals surface area (Å²) in [5, 5.41) is 7.93. The van der Waals surface area contributed by atoms with Crippen molar-refractivity contribution in [2.75, 3.05) is 5.43 Å². The predicted molar refractivity (Wildman–Crippen MR) is 44.4 cm³/mol. The summed E-state index contributed by atoms with van der Waals surface area (Å²) in [5.74, 6) is 0.667. The Labute approximate surface area is 69.1 Å². The van der Waals surface area contributed by atoms with Crippen molar-refractivity contribution in [1.29, 1.82) is 0 Å². The maximum absolute atomic E-state index is 10.5. The number of hydrogen-bond donors (Lipinski definition) is 1. The molecule has 0 saturated heterocycles. The molecule has 1 N–H and O–H groups in total. The summed E-state index contributed by atoms with van der Waals surface area (Å²) in [6.07, 6.45) is 4.02. The maximum Gasteiger partial charge on any atom is 0.155 e. The first-order chi connectivity index (χ1) is 5.83. The lowest BCUT2D eigenvalue weighted by atomic mass is 10.3. The Balaban J connectivity index is 2.52. The molecule has 1 atom stereocenters. The van der Waals surface area contributed by atoms with E-state index in [1.807, 2.05) is 6.92 Å². The van der Waals surface area contributed by atoms with Crippen LogP contribution in [0.3, 0.4) is 0 Å². The van der Waals surface area contributed by atoms with Crippen molar-refractivity contribution in [1.82, 2.24) is 9.78 Å². The number of hydrazone groups is 1. The average Bonchev–Trinajstić information content (AvgIpc) is 2.49. The minimum atomic E-state index is 0.106. The molecule has 0 spiro atoms. The molecule has 0 fully saturated rings. The molecule has 12 heavy (non-hydrogen) atoms. The van der Waals surface area contributed by atoms with Crippen molar-refractivity contribution in [3.05, 3.63) is 11.8 Å². The largest absolute Gasteiger partial charge is 0.298 e. The molecule has 1 unspecified atom stereocenters. The third-order valence-electron chi connectivity index (χ3n) is 1.80. The number of carbonyl (C=O) groups is 1. The maximum atomic E-state index is 10.5. The van der Waals surface area contributed by atoms with Crippen molar-refractivity contribution in [2.24, 2.45) is 5.10 Å². The fourth-order valence-electron chi connectivity index (χ4n) is 1.16. The zero-order valence-corrected chi connectivity index (χ0v) is 6.56. The molecule has 1 aliphatic rings. The molecule has 2 rings (SSSR count). The van der Waals surface area contributed by atoms with Crippen LogP contribution in [0.2, 0.25) is 0 Å². The fourth-order valence-corrected chi connectivity index (χ4v) is 1.16. The van der Waals surface area contributed by atoms with Crippen molar-refractivity contribution >= 4 is 18.3 Å². The predicted octanol–water partition coefficient (Wildman–Crippen LogP) is 0.668. The van der Waals surface area contributed by atoms with Crippen LogP contribution in [0.15, 0.2) is 11.3 Å². The van der Waals surface area contributed by atoms with Crippen molar-refractivity contribution in [2.45, 2.75) is 13.0 Å². The Morgan fingerprint density at radius 1 is 1.75 bits per heavy atom. The van der Waals surface area contributed by atoms with Crippen LogP contribution >= 0.6 is 0 Å². The molecule has 1 aromatic heterocycles. The van der Waals surface area contributed by atoms with Crippen molar-refractivity contribution in [3.8, 4) is 0 Å². The smallest absolute Gasteiger partial charge is 0.155 e. The van der Waals surface area contributed by atoms with Gasteiger partial charge in [0.2, 0.25) is 0 Å². The van der Waals surface area contributed by atoms with Crippen LogP contribution < -0.4 is 5.43 Å². The van der Waals surface area contributed by atoms with Gasteiger partial charge in [0, 0.05) is 6.21 Å². The van der Waals surface area contributed by atoms with E-state index in [1.54, 1.807) is 10.9 Å². The van der Waals surface area contributed by atoms with Crippen LogP contribution in [0, 0.1) is 0 Å². The second kappa shape index (κ2) is 2.44. The van der Waals surface area contributed by atoms with Gasteiger partial charge in [0.1, 0.15) is 0 Å². The Morgan fingerprint density at radius 3 is 3.33 bits per heavy atom. The number of carbonyl (C=O) groups excluding carboxylic acids is 1. The van der Waals surface area contributed by atoms with Gasteiger partial charge in [-0.05, 0) is 6.92 Å². The summed E-state index contributed by atoms with van der Waals surface area (Å²) in [6, 6.07) is 0.106. The van der Waals surface area contributed by atoms with Crippen LogP contribution in [0.1, 0.15) is 23.3 Å². The Morgan fingerprint density at radius 2 is 2.58 bits per heavy atom. The van der Waals surface area contributed by atoms with E-state index in [9.17, 15) is 4.79 Å². The highest BCUT2D eigenvalue weighted by Gasteiger charge is 2.16. The normalized spacial score (nSPS) is 19.9. The number of anilines is 1. The summed E-state index contributed by atoms with van der Waals surface area (Å²) in [6.45, 7) is 1.95. The minimum absolute atomic E-state index is 0.106. The van der Waals surface area contributed by atoms with E-state index in [-0.39, 0.29) is 6.04 Å². The number of aldehydes is 1. The molecule has 0 amide bonds. The molecule has 0 aromatic carbocycles. The lowest BCUT2D eigenvalue weighted by Crippen LogP contribution is -2.16. The summed E-state index contributed by atoms with van der Waals surface area (Å²) >= 11 is 0. The van der Waals surface area contributed by atoms with E-state index in [0.29, 0.717) is 11.4 Å². The van der Waals surface area contributed by atoms with Gasteiger partial charge in [0.05, 0.1) is 17.8 Å². The zero-order valence-electron chi connectivity index (χ0n) is 6.56. The zero-order chi connectivity index (χ0) is 8.55. The Kier molecular flexibility index (Phi) is 1.43. The Bertz CT molecular complexity index is 341. The number of fused-ring (bicyclic) bond motifs is 1. The number of aromatic nitrogens is 2. The van der Waals surface area contributed by atoms with E-state index >= 15 is 0 Å². The molecule has 5 heteroatoms. The average molecular weight is 164 g/mol. The number of hydrogen-bond acceptors (Lipinski definition) is 4. The first-order valence-corrected chi connectivity index (χ1v) is 3.65. The van der Waals surface area contributed by atoms with Gasteiger partial charge in [-0.1, -0.05) is 0 Å². The van der Waals surface area contributed by atoms with E-state index in [2.05, 4.69) is 15.6 Å². The Hall–Kier alpha value is -1.65. The van der Waals surface area contributed by atoms with Crippen LogP contribution in [-0.4, -0.2) is 22.3 Å². The molecule has 0 saturated carbocycles. The molecule has 0 bridgehead atoms. The molecule has 1 aromatic rings.